The van der Waals surface area contributed by atoms with Crippen molar-refractivity contribution in [2.75, 3.05) is 13.1 Å². The first kappa shape index (κ1) is 15.9. The second-order valence-electron chi connectivity index (χ2n) is 5.65. The smallest absolute Gasteiger partial charge is 0.259 e. The fourth-order valence-electron chi connectivity index (χ4n) is 2.69. The van der Waals surface area contributed by atoms with Crippen molar-refractivity contribution in [2.24, 2.45) is 5.10 Å². The highest BCUT2D eigenvalue weighted by molar-refractivity contribution is 6.13. The number of hydrogen-bond donors (Lipinski definition) is 1. The van der Waals surface area contributed by atoms with E-state index in [0.717, 1.165) is 17.5 Å². The molecule has 1 heterocycles. The predicted octanol–water partition coefficient (Wildman–Crippen LogP) is 2.18. The van der Waals surface area contributed by atoms with Crippen molar-refractivity contribution in [3.8, 4) is 0 Å². The lowest BCUT2D eigenvalue weighted by Gasteiger charge is -2.14. The minimum Gasteiger partial charge on any atom is -0.333 e. The Morgan fingerprint density at radius 2 is 1.58 bits per heavy atom. The van der Waals surface area contributed by atoms with E-state index < -0.39 is 0 Å². The molecule has 0 unspecified atom stereocenters. The van der Waals surface area contributed by atoms with Gasteiger partial charge in [-0.05, 0) is 6.42 Å². The molecule has 1 N–H and O–H groups in total. The highest BCUT2D eigenvalue weighted by Gasteiger charge is 2.22. The van der Waals surface area contributed by atoms with Gasteiger partial charge in [0.15, 0.2) is 0 Å². The van der Waals surface area contributed by atoms with E-state index in [2.05, 4.69) is 10.5 Å². The normalized spacial score (nSPS) is 13.7. The third kappa shape index (κ3) is 3.87. The first-order chi connectivity index (χ1) is 11.7. The van der Waals surface area contributed by atoms with E-state index >= 15 is 0 Å². The molecule has 0 atom stereocenters. The molecule has 122 valence electrons. The summed E-state index contributed by atoms with van der Waals surface area (Å²) in [5.74, 6) is -0.255. The quantitative estimate of drug-likeness (QED) is 0.678. The summed E-state index contributed by atoms with van der Waals surface area (Å²) in [6, 6.07) is 19.4. The number of amides is 2. The van der Waals surface area contributed by atoms with Crippen LogP contribution in [-0.2, 0) is 9.59 Å². The van der Waals surface area contributed by atoms with Crippen LogP contribution in [0.15, 0.2) is 65.8 Å². The molecule has 0 spiro atoms. The molecule has 1 saturated heterocycles. The Bertz CT molecular complexity index is 700. The number of nitrogens with zero attached hydrogens (tertiary/aromatic N) is 2. The third-order valence-corrected chi connectivity index (χ3v) is 3.89. The molecule has 2 aromatic rings. The van der Waals surface area contributed by atoms with E-state index in [1.807, 2.05) is 60.7 Å². The molecule has 0 aromatic heterocycles. The summed E-state index contributed by atoms with van der Waals surface area (Å²) < 4.78 is 0. The molecule has 5 heteroatoms. The number of rotatable bonds is 5. The van der Waals surface area contributed by atoms with Gasteiger partial charge in [-0.15, -0.1) is 0 Å². The molecule has 0 aliphatic carbocycles. The zero-order valence-corrected chi connectivity index (χ0v) is 13.3. The van der Waals surface area contributed by atoms with Gasteiger partial charge in [0, 0.05) is 24.1 Å². The fourth-order valence-corrected chi connectivity index (χ4v) is 2.69. The molecule has 0 radical (unpaired) electrons. The number of carbonyl (C=O) groups excluding carboxylic acids is 2. The lowest BCUT2D eigenvalue weighted by molar-refractivity contribution is -0.133. The molecule has 1 aliphatic rings. The molecular weight excluding hydrogens is 302 g/mol. The van der Waals surface area contributed by atoms with Gasteiger partial charge in [-0.2, -0.15) is 5.10 Å². The Labute approximate surface area is 141 Å². The second-order valence-corrected chi connectivity index (χ2v) is 5.65. The standard InChI is InChI=1S/C19H19N3O2/c23-17(14-22-13-7-12-18(22)24)20-21-19(15-8-3-1-4-9-15)16-10-5-2-6-11-16/h1-6,8-11H,7,12-14H2,(H,20,23). The maximum absolute atomic E-state index is 12.1. The number of hydrogen-bond acceptors (Lipinski definition) is 3. The molecule has 2 aromatic carbocycles. The Morgan fingerprint density at radius 1 is 1.00 bits per heavy atom. The van der Waals surface area contributed by atoms with Crippen molar-refractivity contribution in [1.82, 2.24) is 10.3 Å². The summed E-state index contributed by atoms with van der Waals surface area (Å²) in [4.78, 5) is 25.3. The van der Waals surface area contributed by atoms with E-state index in [1.165, 1.54) is 0 Å². The molecule has 1 fully saturated rings. The summed E-state index contributed by atoms with van der Waals surface area (Å²) in [6.45, 7) is 0.694. The first-order valence-electron chi connectivity index (χ1n) is 7.99. The van der Waals surface area contributed by atoms with Gasteiger partial charge in [-0.3, -0.25) is 9.59 Å². The number of nitrogens with one attached hydrogen (secondary N) is 1. The Kier molecular flexibility index (Phi) is 5.01. The van der Waals surface area contributed by atoms with Gasteiger partial charge in [-0.25, -0.2) is 5.43 Å². The lowest BCUT2D eigenvalue weighted by Crippen LogP contribution is -2.36. The maximum atomic E-state index is 12.1. The van der Waals surface area contributed by atoms with Gasteiger partial charge in [0.05, 0.1) is 5.71 Å². The van der Waals surface area contributed by atoms with E-state index in [1.54, 1.807) is 4.90 Å². The van der Waals surface area contributed by atoms with E-state index in [-0.39, 0.29) is 18.4 Å². The molecular formula is C19H19N3O2. The zero-order chi connectivity index (χ0) is 16.8. The van der Waals surface area contributed by atoms with Crippen LogP contribution in [-0.4, -0.2) is 35.5 Å². The minimum absolute atomic E-state index is 0.0282. The number of carbonyl (C=O) groups is 2. The molecule has 1 aliphatic heterocycles. The van der Waals surface area contributed by atoms with Gasteiger partial charge in [0.25, 0.3) is 5.91 Å². The summed E-state index contributed by atoms with van der Waals surface area (Å²) in [6.07, 6.45) is 1.34. The van der Waals surface area contributed by atoms with E-state index in [9.17, 15) is 9.59 Å². The Hall–Kier alpha value is -2.95. The molecule has 0 saturated carbocycles. The van der Waals surface area contributed by atoms with Gasteiger partial charge in [0.2, 0.25) is 5.91 Å². The van der Waals surface area contributed by atoms with Crippen LogP contribution in [0, 0.1) is 0 Å². The van der Waals surface area contributed by atoms with Crippen molar-refractivity contribution in [1.29, 1.82) is 0 Å². The number of hydrazone groups is 1. The van der Waals surface area contributed by atoms with Crippen LogP contribution in [0.2, 0.25) is 0 Å². The average molecular weight is 321 g/mol. The minimum atomic E-state index is -0.283. The predicted molar refractivity (Wildman–Crippen MR) is 92.5 cm³/mol. The van der Waals surface area contributed by atoms with Crippen LogP contribution >= 0.6 is 0 Å². The van der Waals surface area contributed by atoms with Crippen molar-refractivity contribution in [2.45, 2.75) is 12.8 Å². The van der Waals surface area contributed by atoms with E-state index in [4.69, 9.17) is 0 Å². The Balaban J connectivity index is 1.77. The summed E-state index contributed by atoms with van der Waals surface area (Å²) in [7, 11) is 0. The molecule has 3 rings (SSSR count). The second kappa shape index (κ2) is 7.55. The van der Waals surface area contributed by atoms with Gasteiger partial charge >= 0.3 is 0 Å². The van der Waals surface area contributed by atoms with Crippen LogP contribution < -0.4 is 5.43 Å². The van der Waals surface area contributed by atoms with Gasteiger partial charge in [-0.1, -0.05) is 60.7 Å². The maximum Gasteiger partial charge on any atom is 0.259 e. The third-order valence-electron chi connectivity index (χ3n) is 3.89. The van der Waals surface area contributed by atoms with Gasteiger partial charge in [0.1, 0.15) is 6.54 Å². The summed E-state index contributed by atoms with van der Waals surface area (Å²) in [5.41, 5.74) is 5.11. The van der Waals surface area contributed by atoms with Crippen LogP contribution in [0.4, 0.5) is 0 Å². The summed E-state index contributed by atoms with van der Waals surface area (Å²) >= 11 is 0. The zero-order valence-electron chi connectivity index (χ0n) is 13.3. The van der Waals surface area contributed by atoms with Crippen molar-refractivity contribution in [3.63, 3.8) is 0 Å². The van der Waals surface area contributed by atoms with E-state index in [0.29, 0.717) is 18.7 Å². The Morgan fingerprint density at radius 3 is 2.08 bits per heavy atom. The monoisotopic (exact) mass is 321 g/mol. The number of likely N-dealkylation sites (tertiary alicyclic amines) is 1. The van der Waals surface area contributed by atoms with Crippen LogP contribution in [0.5, 0.6) is 0 Å². The largest absolute Gasteiger partial charge is 0.333 e. The van der Waals surface area contributed by atoms with Gasteiger partial charge < -0.3 is 4.90 Å². The van der Waals surface area contributed by atoms with Crippen molar-refractivity contribution in [3.05, 3.63) is 71.8 Å². The fraction of sp³-hybridized carbons (Fsp3) is 0.211. The average Bonchev–Trinajstić information content (AvgIpc) is 3.02. The van der Waals surface area contributed by atoms with Crippen LogP contribution in [0.3, 0.4) is 0 Å². The SMILES string of the molecule is O=C(CN1CCCC1=O)NN=C(c1ccccc1)c1ccccc1. The number of benzene rings is 2. The first-order valence-corrected chi connectivity index (χ1v) is 7.99. The van der Waals surface area contributed by atoms with Crippen LogP contribution in [0.1, 0.15) is 24.0 Å². The summed E-state index contributed by atoms with van der Waals surface area (Å²) in [5, 5.41) is 4.31. The molecule has 2 amide bonds. The van der Waals surface area contributed by atoms with Crippen LogP contribution in [0.25, 0.3) is 0 Å². The molecule has 0 bridgehead atoms. The molecule has 24 heavy (non-hydrogen) atoms. The highest BCUT2D eigenvalue weighted by Crippen LogP contribution is 2.11. The topological polar surface area (TPSA) is 61.8 Å². The molecule has 5 nitrogen and oxygen atoms in total. The van der Waals surface area contributed by atoms with Crippen molar-refractivity contribution >= 4 is 17.5 Å². The highest BCUT2D eigenvalue weighted by atomic mass is 16.2. The van der Waals surface area contributed by atoms with Crippen molar-refractivity contribution < 1.29 is 9.59 Å². The lowest BCUT2D eigenvalue weighted by atomic mass is 10.0.